The van der Waals surface area contributed by atoms with Gasteiger partial charge in [0.25, 0.3) is 0 Å². The number of rotatable bonds is 2. The number of hydrogen-bond acceptors (Lipinski definition) is 5. The summed E-state index contributed by atoms with van der Waals surface area (Å²) in [6, 6.07) is 9.20. The molecule has 0 saturated carbocycles. The standard InChI is InChI=1S/C8H10NO.C7H8O4S/c1-7(10)8-5-3-4-6-9(8)2;1-5-2-3-6(8)4-7(5)12(9,10)11/h3-6H,1-2H3;2-4,8H,1H3,(H,9,10,11)/q+1;/p-1. The van der Waals surface area contributed by atoms with Crippen molar-refractivity contribution in [1.82, 2.24) is 0 Å². The summed E-state index contributed by atoms with van der Waals surface area (Å²) in [6.45, 7) is 3.06. The number of carbonyl (C=O) groups is 1. The van der Waals surface area contributed by atoms with Gasteiger partial charge in [-0.3, -0.25) is 4.79 Å². The van der Waals surface area contributed by atoms with Gasteiger partial charge in [-0.15, -0.1) is 0 Å². The highest BCUT2D eigenvalue weighted by atomic mass is 32.2. The Balaban J connectivity index is 0.000000224. The first-order valence-corrected chi connectivity index (χ1v) is 7.75. The molecule has 0 saturated heterocycles. The van der Waals surface area contributed by atoms with E-state index in [1.54, 1.807) is 6.92 Å². The molecule has 0 amide bonds. The minimum absolute atomic E-state index is 0.100. The summed E-state index contributed by atoms with van der Waals surface area (Å²) >= 11 is 0. The molecule has 2 rings (SSSR count). The Morgan fingerprint density at radius 2 is 1.86 bits per heavy atom. The number of Topliss-reactive ketones (excluding diaryl/α,β-unsaturated/α-hetero) is 1. The minimum Gasteiger partial charge on any atom is -0.744 e. The highest BCUT2D eigenvalue weighted by molar-refractivity contribution is 7.85. The van der Waals surface area contributed by atoms with E-state index in [1.165, 1.54) is 19.1 Å². The second-order valence-corrected chi connectivity index (χ2v) is 6.00. The van der Waals surface area contributed by atoms with Gasteiger partial charge in [0.1, 0.15) is 22.9 Å². The molecule has 22 heavy (non-hydrogen) atoms. The lowest BCUT2D eigenvalue weighted by molar-refractivity contribution is -0.673. The van der Waals surface area contributed by atoms with E-state index in [9.17, 15) is 17.8 Å². The van der Waals surface area contributed by atoms with E-state index in [-0.39, 0.29) is 16.4 Å². The topological polar surface area (TPSA) is 98.4 Å². The zero-order valence-corrected chi connectivity index (χ0v) is 13.3. The van der Waals surface area contributed by atoms with Crippen molar-refractivity contribution in [1.29, 1.82) is 0 Å². The van der Waals surface area contributed by atoms with Crippen LogP contribution in [0.2, 0.25) is 0 Å². The Morgan fingerprint density at radius 3 is 2.27 bits per heavy atom. The molecule has 0 radical (unpaired) electrons. The molecule has 0 aliphatic heterocycles. The molecule has 0 unspecified atom stereocenters. The number of benzene rings is 1. The molecule has 2 aromatic rings. The number of ketones is 1. The number of phenols is 1. The van der Waals surface area contributed by atoms with Crippen molar-refractivity contribution in [2.24, 2.45) is 7.05 Å². The molecule has 1 aromatic heterocycles. The van der Waals surface area contributed by atoms with E-state index in [2.05, 4.69) is 0 Å². The van der Waals surface area contributed by atoms with Gasteiger partial charge < -0.3 is 9.66 Å². The summed E-state index contributed by atoms with van der Waals surface area (Å²) in [4.78, 5) is 10.5. The monoisotopic (exact) mass is 323 g/mol. The summed E-state index contributed by atoms with van der Waals surface area (Å²) in [5.41, 5.74) is 1.07. The maximum Gasteiger partial charge on any atom is 0.248 e. The number of carbonyl (C=O) groups excluding carboxylic acids is 1. The third-order valence-corrected chi connectivity index (χ3v) is 3.84. The van der Waals surface area contributed by atoms with Crippen LogP contribution in [0.4, 0.5) is 0 Å². The van der Waals surface area contributed by atoms with Crippen LogP contribution in [0.15, 0.2) is 47.5 Å². The third-order valence-electron chi connectivity index (χ3n) is 2.86. The minimum atomic E-state index is -4.47. The molecule has 0 aliphatic rings. The summed E-state index contributed by atoms with van der Waals surface area (Å²) < 4.78 is 33.4. The number of phenolic OH excluding ortho intramolecular Hbond substituents is 1. The molecular weight excluding hydrogens is 306 g/mol. The Labute approximate surface area is 129 Å². The van der Waals surface area contributed by atoms with Crippen LogP contribution in [0.3, 0.4) is 0 Å². The van der Waals surface area contributed by atoms with Gasteiger partial charge in [0.15, 0.2) is 6.20 Å². The average molecular weight is 323 g/mol. The van der Waals surface area contributed by atoms with E-state index in [4.69, 9.17) is 5.11 Å². The lowest BCUT2D eigenvalue weighted by Gasteiger charge is -2.09. The molecule has 1 N–H and O–H groups in total. The van der Waals surface area contributed by atoms with Crippen LogP contribution in [-0.2, 0) is 17.2 Å². The smallest absolute Gasteiger partial charge is 0.248 e. The molecule has 1 aromatic carbocycles. The van der Waals surface area contributed by atoms with Crippen molar-refractivity contribution in [2.75, 3.05) is 0 Å². The number of nitrogens with zero attached hydrogens (tertiary/aromatic N) is 1. The zero-order chi connectivity index (χ0) is 16.9. The zero-order valence-electron chi connectivity index (χ0n) is 12.5. The van der Waals surface area contributed by atoms with Crippen molar-refractivity contribution >= 4 is 15.9 Å². The van der Waals surface area contributed by atoms with Gasteiger partial charge in [-0.25, -0.2) is 8.42 Å². The Bertz CT molecular complexity index is 784. The Hall–Kier alpha value is -2.25. The molecule has 7 heteroatoms. The second-order valence-electron chi connectivity index (χ2n) is 4.66. The van der Waals surface area contributed by atoms with Crippen LogP contribution in [0.1, 0.15) is 23.0 Å². The number of hydrogen-bond donors (Lipinski definition) is 1. The van der Waals surface area contributed by atoms with Crippen LogP contribution in [0.5, 0.6) is 5.75 Å². The van der Waals surface area contributed by atoms with E-state index >= 15 is 0 Å². The van der Waals surface area contributed by atoms with Gasteiger partial charge in [0.05, 0.1) is 4.90 Å². The fourth-order valence-electron chi connectivity index (χ4n) is 1.75. The van der Waals surface area contributed by atoms with Crippen LogP contribution < -0.4 is 4.57 Å². The highest BCUT2D eigenvalue weighted by Gasteiger charge is 2.08. The summed E-state index contributed by atoms with van der Waals surface area (Å²) in [5, 5.41) is 8.90. The quantitative estimate of drug-likeness (QED) is 0.510. The predicted molar refractivity (Wildman–Crippen MR) is 78.4 cm³/mol. The Kier molecular flexibility index (Phi) is 5.78. The molecular formula is C15H17NO5S. The second kappa shape index (κ2) is 7.15. The predicted octanol–water partition coefficient (Wildman–Crippen LogP) is 1.32. The first-order valence-electron chi connectivity index (χ1n) is 6.34. The number of aromatic hydroxyl groups is 1. The van der Waals surface area contributed by atoms with Crippen molar-refractivity contribution in [2.45, 2.75) is 18.7 Å². The average Bonchev–Trinajstić information content (AvgIpc) is 2.41. The summed E-state index contributed by atoms with van der Waals surface area (Å²) in [5.74, 6) is -0.127. The molecule has 1 heterocycles. The molecule has 0 spiro atoms. The number of aromatic nitrogens is 1. The van der Waals surface area contributed by atoms with Crippen LogP contribution >= 0.6 is 0 Å². The van der Waals surface area contributed by atoms with Gasteiger partial charge in [0, 0.05) is 19.1 Å². The van der Waals surface area contributed by atoms with E-state index in [0.717, 1.165) is 11.8 Å². The van der Waals surface area contributed by atoms with E-state index in [0.29, 0.717) is 5.56 Å². The van der Waals surface area contributed by atoms with Gasteiger partial charge in [-0.05, 0) is 30.7 Å². The van der Waals surface area contributed by atoms with Crippen molar-refractivity contribution in [3.63, 3.8) is 0 Å². The fourth-order valence-corrected chi connectivity index (χ4v) is 2.47. The van der Waals surface area contributed by atoms with Crippen LogP contribution in [0.25, 0.3) is 0 Å². The SMILES string of the molecule is CC(=O)c1cccc[n+]1C.Cc1ccc(O)cc1S(=O)(=O)[O-]. The third kappa shape index (κ3) is 4.94. The van der Waals surface area contributed by atoms with Gasteiger partial charge in [0.2, 0.25) is 11.5 Å². The first-order chi connectivity index (χ1) is 10.1. The Morgan fingerprint density at radius 1 is 1.23 bits per heavy atom. The maximum atomic E-state index is 10.8. The van der Waals surface area contributed by atoms with E-state index in [1.807, 2.05) is 36.0 Å². The van der Waals surface area contributed by atoms with Crippen molar-refractivity contribution in [3.05, 3.63) is 53.9 Å². The summed E-state index contributed by atoms with van der Waals surface area (Å²) in [6.07, 6.45) is 1.86. The first kappa shape index (κ1) is 17.8. The van der Waals surface area contributed by atoms with E-state index < -0.39 is 10.1 Å². The normalized spacial score (nSPS) is 10.5. The maximum absolute atomic E-state index is 10.8. The molecule has 6 nitrogen and oxygen atoms in total. The van der Waals surface area contributed by atoms with Gasteiger partial charge in [-0.1, -0.05) is 6.07 Å². The highest BCUT2D eigenvalue weighted by Crippen LogP contribution is 2.19. The largest absolute Gasteiger partial charge is 0.744 e. The molecule has 0 bridgehead atoms. The number of pyridine rings is 1. The molecule has 0 fully saturated rings. The van der Waals surface area contributed by atoms with Gasteiger partial charge >= 0.3 is 0 Å². The van der Waals surface area contributed by atoms with Crippen LogP contribution in [0, 0.1) is 6.92 Å². The lowest BCUT2D eigenvalue weighted by Crippen LogP contribution is -2.34. The number of aryl methyl sites for hydroxylation is 2. The summed E-state index contributed by atoms with van der Waals surface area (Å²) in [7, 11) is -2.61. The fraction of sp³-hybridized carbons (Fsp3) is 0.200. The van der Waals surface area contributed by atoms with Crippen molar-refractivity contribution < 1.29 is 27.4 Å². The van der Waals surface area contributed by atoms with Crippen LogP contribution in [-0.4, -0.2) is 23.9 Å². The van der Waals surface area contributed by atoms with Crippen molar-refractivity contribution in [3.8, 4) is 5.75 Å². The molecule has 0 aliphatic carbocycles. The molecule has 0 atom stereocenters. The van der Waals surface area contributed by atoms with Gasteiger partial charge in [-0.2, -0.15) is 4.57 Å². The lowest BCUT2D eigenvalue weighted by atomic mass is 10.2. The molecule has 118 valence electrons.